The Morgan fingerprint density at radius 1 is 1.29 bits per heavy atom. The van der Waals surface area contributed by atoms with Gasteiger partial charge >= 0.3 is 5.97 Å². The van der Waals surface area contributed by atoms with Crippen LogP contribution >= 0.6 is 0 Å². The second-order valence-electron chi connectivity index (χ2n) is 8.36. The first-order chi connectivity index (χ1) is 16.8. The Hall–Kier alpha value is -3.60. The first-order valence-corrected chi connectivity index (χ1v) is 11.2. The molecule has 1 fully saturated rings. The van der Waals surface area contributed by atoms with Crippen molar-refractivity contribution >= 4 is 11.9 Å². The molecule has 188 valence electrons. The van der Waals surface area contributed by atoms with Crippen LogP contribution in [-0.2, 0) is 19.3 Å². The van der Waals surface area contributed by atoms with E-state index in [1.807, 2.05) is 0 Å². The second kappa shape index (κ2) is 10.8. The van der Waals surface area contributed by atoms with Gasteiger partial charge < -0.3 is 19.5 Å². The van der Waals surface area contributed by atoms with Crippen LogP contribution in [0.15, 0.2) is 54.0 Å². The Balaban J connectivity index is 1.56. The fourth-order valence-corrected chi connectivity index (χ4v) is 4.43. The number of ether oxygens (including phenoxy) is 3. The van der Waals surface area contributed by atoms with E-state index in [4.69, 9.17) is 19.1 Å². The summed E-state index contributed by atoms with van der Waals surface area (Å²) < 4.78 is 41.5. The average Bonchev–Trinajstić information content (AvgIpc) is 3.31. The summed E-state index contributed by atoms with van der Waals surface area (Å²) in [5.74, 6) is -0.391. The molecule has 1 aromatic rings. The van der Waals surface area contributed by atoms with Crippen LogP contribution in [-0.4, -0.2) is 49.2 Å². The Bertz CT molecular complexity index is 1060. The third kappa shape index (κ3) is 5.91. The molecule has 1 aliphatic carbocycles. The summed E-state index contributed by atoms with van der Waals surface area (Å²) in [5.41, 5.74) is 4.51. The van der Waals surface area contributed by atoms with Crippen LogP contribution in [0.25, 0.3) is 0 Å². The lowest BCUT2D eigenvalue weighted by Gasteiger charge is -2.37. The highest BCUT2D eigenvalue weighted by Gasteiger charge is 2.35. The van der Waals surface area contributed by atoms with Crippen molar-refractivity contribution in [1.82, 2.24) is 15.9 Å². The van der Waals surface area contributed by atoms with Crippen molar-refractivity contribution in [1.29, 1.82) is 0 Å². The summed E-state index contributed by atoms with van der Waals surface area (Å²) in [4.78, 5) is 29.8. The van der Waals surface area contributed by atoms with Crippen LogP contribution < -0.4 is 20.3 Å². The summed E-state index contributed by atoms with van der Waals surface area (Å²) >= 11 is 0. The van der Waals surface area contributed by atoms with Crippen molar-refractivity contribution in [3.8, 4) is 11.5 Å². The normalized spacial score (nSPS) is 23.1. The Kier molecular flexibility index (Phi) is 7.54. The molecule has 3 aliphatic rings. The zero-order valence-corrected chi connectivity index (χ0v) is 19.3. The Morgan fingerprint density at radius 2 is 2.11 bits per heavy atom. The topological polar surface area (TPSA) is 98.4 Å². The third-order valence-electron chi connectivity index (χ3n) is 6.00. The molecule has 2 N–H and O–H groups in total. The summed E-state index contributed by atoms with van der Waals surface area (Å²) in [7, 11) is 1.43. The predicted octanol–water partition coefficient (Wildman–Crippen LogP) is 3.07. The summed E-state index contributed by atoms with van der Waals surface area (Å²) in [6.07, 6.45) is 5.22. The molecule has 1 amide bonds. The molecule has 0 bridgehead atoms. The van der Waals surface area contributed by atoms with Crippen molar-refractivity contribution < 1.29 is 37.5 Å². The van der Waals surface area contributed by atoms with E-state index in [1.165, 1.54) is 19.1 Å². The number of carbonyl (C=O) groups excluding carboxylic acids is 2. The van der Waals surface area contributed by atoms with E-state index in [9.17, 15) is 18.4 Å². The van der Waals surface area contributed by atoms with Gasteiger partial charge in [-0.25, -0.2) is 19.3 Å². The van der Waals surface area contributed by atoms with Crippen molar-refractivity contribution in [2.45, 2.75) is 50.7 Å². The van der Waals surface area contributed by atoms with Crippen LogP contribution in [0, 0.1) is 0 Å². The van der Waals surface area contributed by atoms with Crippen molar-refractivity contribution in [2.24, 2.45) is 0 Å². The number of hydroxylamine groups is 3. The molecule has 1 aromatic carbocycles. The van der Waals surface area contributed by atoms with Gasteiger partial charge in [0.25, 0.3) is 12.3 Å². The number of halogens is 2. The number of benzene rings is 1. The fraction of sp³-hybridized carbons (Fsp3) is 0.417. The molecule has 2 aliphatic heterocycles. The van der Waals surface area contributed by atoms with Crippen molar-refractivity contribution in [3.05, 3.63) is 59.6 Å². The smallest absolute Gasteiger partial charge is 0.302 e. The molecular weight excluding hydrogens is 464 g/mol. The minimum absolute atomic E-state index is 0.184. The molecule has 0 aromatic heterocycles. The van der Waals surface area contributed by atoms with Crippen LogP contribution in [0.4, 0.5) is 8.78 Å². The lowest BCUT2D eigenvalue weighted by atomic mass is 9.78. The highest BCUT2D eigenvalue weighted by atomic mass is 19.3. The lowest BCUT2D eigenvalue weighted by Crippen LogP contribution is -2.45. The van der Waals surface area contributed by atoms with Crippen LogP contribution in [0.5, 0.6) is 11.5 Å². The van der Waals surface area contributed by atoms with Gasteiger partial charge in [0.2, 0.25) is 0 Å². The van der Waals surface area contributed by atoms with E-state index < -0.39 is 13.0 Å². The zero-order valence-electron chi connectivity index (χ0n) is 19.3. The average molecular weight is 491 g/mol. The van der Waals surface area contributed by atoms with Gasteiger partial charge in [0.15, 0.2) is 11.5 Å². The molecule has 2 unspecified atom stereocenters. The number of fused-ring (bicyclic) bond motifs is 1. The number of hydrogen-bond acceptors (Lipinski definition) is 8. The fourth-order valence-electron chi connectivity index (χ4n) is 4.43. The first-order valence-electron chi connectivity index (χ1n) is 11.2. The van der Waals surface area contributed by atoms with Crippen LogP contribution in [0.3, 0.4) is 0 Å². The van der Waals surface area contributed by atoms with E-state index in [2.05, 4.69) is 10.8 Å². The number of alkyl halides is 2. The maximum atomic E-state index is 13.1. The summed E-state index contributed by atoms with van der Waals surface area (Å²) in [5, 5.41) is 4.58. The van der Waals surface area contributed by atoms with E-state index in [0.717, 1.165) is 5.56 Å². The molecule has 11 heteroatoms. The molecule has 0 spiro atoms. The maximum Gasteiger partial charge on any atom is 0.302 e. The van der Waals surface area contributed by atoms with Gasteiger partial charge in [0.05, 0.1) is 19.0 Å². The Labute approximate surface area is 201 Å². The predicted molar refractivity (Wildman–Crippen MR) is 120 cm³/mol. The minimum Gasteiger partial charge on any atom is -0.493 e. The van der Waals surface area contributed by atoms with E-state index >= 15 is 0 Å². The highest BCUT2D eigenvalue weighted by Crippen LogP contribution is 2.39. The number of hydrogen-bond donors (Lipinski definition) is 2. The number of methoxy groups -OCH3 is 1. The van der Waals surface area contributed by atoms with Gasteiger partial charge in [-0.2, -0.15) is 4.94 Å². The van der Waals surface area contributed by atoms with Crippen LogP contribution in [0.1, 0.15) is 37.7 Å². The number of nitrogens with zero attached hydrogens (tertiary/aromatic N) is 1. The lowest BCUT2D eigenvalue weighted by molar-refractivity contribution is -0.148. The number of rotatable bonds is 8. The van der Waals surface area contributed by atoms with Gasteiger partial charge in [-0.3, -0.25) is 9.59 Å². The van der Waals surface area contributed by atoms with E-state index in [0.29, 0.717) is 36.3 Å². The molecule has 0 saturated heterocycles. The molecule has 3 atom stereocenters. The largest absolute Gasteiger partial charge is 0.493 e. The Morgan fingerprint density at radius 3 is 2.86 bits per heavy atom. The first kappa shape index (κ1) is 24.5. The summed E-state index contributed by atoms with van der Waals surface area (Å²) in [6, 6.07) is 4.80. The molecule has 9 nitrogen and oxygen atoms in total. The SMILES string of the molecule is COc1ccc(C2C[C@H](OC(C)=O)CCC2NC(=O)C2=CC3=CNON3C=C2)cc1OCC(F)F. The molecule has 35 heavy (non-hydrogen) atoms. The molecular formula is C24H27F2N3O6. The van der Waals surface area contributed by atoms with E-state index in [-0.39, 0.29) is 35.7 Å². The van der Waals surface area contributed by atoms with Crippen molar-refractivity contribution in [2.75, 3.05) is 13.7 Å². The number of allylic oxidation sites excluding steroid dienone is 1. The zero-order chi connectivity index (χ0) is 24.9. The van der Waals surface area contributed by atoms with Crippen molar-refractivity contribution in [3.63, 3.8) is 0 Å². The quantitative estimate of drug-likeness (QED) is 0.536. The number of carbonyl (C=O) groups is 2. The molecule has 2 heterocycles. The third-order valence-corrected chi connectivity index (χ3v) is 6.00. The molecule has 0 radical (unpaired) electrons. The van der Waals surface area contributed by atoms with Gasteiger partial charge in [0, 0.05) is 30.7 Å². The van der Waals surface area contributed by atoms with Gasteiger partial charge in [-0.15, -0.1) is 0 Å². The number of esters is 1. The van der Waals surface area contributed by atoms with E-state index in [1.54, 1.807) is 42.8 Å². The second-order valence-corrected chi connectivity index (χ2v) is 8.36. The highest BCUT2D eigenvalue weighted by molar-refractivity contribution is 5.97. The minimum atomic E-state index is -2.64. The number of nitrogens with one attached hydrogen (secondary N) is 2. The van der Waals surface area contributed by atoms with Gasteiger partial charge in [-0.05, 0) is 49.1 Å². The standard InChI is InChI=1S/C24H27F2N3O6/c1-14(30)34-18-4-5-20(28-24(31)16-7-8-29-17(9-16)12-27-35-29)19(11-18)15-3-6-21(32-2)22(10-15)33-13-23(25)26/h3,6-10,12,18-20,23,27H,4-5,11,13H2,1-2H3,(H,28,31)/t18-,19?,20?/m1/s1. The molecule has 4 rings (SSSR count). The number of amides is 1. The van der Waals surface area contributed by atoms with Gasteiger partial charge in [0.1, 0.15) is 12.7 Å². The molecule has 1 saturated carbocycles. The monoisotopic (exact) mass is 491 g/mol. The summed E-state index contributed by atoms with van der Waals surface area (Å²) in [6.45, 7) is 0.584. The maximum absolute atomic E-state index is 13.1. The van der Waals surface area contributed by atoms with Gasteiger partial charge in [-0.1, -0.05) is 6.07 Å². The van der Waals surface area contributed by atoms with Crippen LogP contribution in [0.2, 0.25) is 0 Å².